The highest BCUT2D eigenvalue weighted by molar-refractivity contribution is 9.10. The van der Waals surface area contributed by atoms with Gasteiger partial charge in [-0.3, -0.25) is 4.68 Å². The summed E-state index contributed by atoms with van der Waals surface area (Å²) in [5, 5.41) is 7.99. The highest BCUT2D eigenvalue weighted by atomic mass is 79.9. The van der Waals surface area contributed by atoms with Gasteiger partial charge in [-0.1, -0.05) is 17.3 Å². The second-order valence-corrected chi connectivity index (χ2v) is 6.01. The number of benzene rings is 1. The number of ether oxygens (including phenoxy) is 1. The number of hydrogen-bond donors (Lipinski definition) is 1. The number of methoxy groups -OCH3 is 1. The zero-order valence-electron chi connectivity index (χ0n) is 13.7. The molecule has 0 unspecified atom stereocenters. The number of aryl methyl sites for hydroxylation is 1. The first-order chi connectivity index (χ1) is 11.4. The predicted octanol–water partition coefficient (Wildman–Crippen LogP) is 2.33. The average molecular weight is 395 g/mol. The van der Waals surface area contributed by atoms with Crippen molar-refractivity contribution in [1.82, 2.24) is 9.78 Å². The molecule has 0 spiro atoms. The largest absolute Gasteiger partial charge is 0.497 e. The molecule has 7 nitrogen and oxygen atoms in total. The van der Waals surface area contributed by atoms with Crippen molar-refractivity contribution in [3.05, 3.63) is 45.7 Å². The molecule has 0 fully saturated rings. The van der Waals surface area contributed by atoms with E-state index in [0.29, 0.717) is 0 Å². The van der Waals surface area contributed by atoms with Gasteiger partial charge < -0.3 is 15.3 Å². The summed E-state index contributed by atoms with van der Waals surface area (Å²) in [6, 6.07) is 7.14. The Bertz CT molecular complexity index is 753. The van der Waals surface area contributed by atoms with Crippen molar-refractivity contribution in [2.24, 2.45) is 10.9 Å². The summed E-state index contributed by atoms with van der Waals surface area (Å²) in [6.07, 6.45) is 0.103. The molecular weight excluding hydrogens is 376 g/mol. The van der Waals surface area contributed by atoms with Crippen LogP contribution >= 0.6 is 15.9 Å². The number of oxime groups is 1. The highest BCUT2D eigenvalue weighted by Crippen LogP contribution is 2.19. The van der Waals surface area contributed by atoms with Crippen molar-refractivity contribution < 1.29 is 14.4 Å². The van der Waals surface area contributed by atoms with Gasteiger partial charge in [-0.2, -0.15) is 5.10 Å². The number of carbonyl (C=O) groups is 1. The lowest BCUT2D eigenvalue weighted by Gasteiger charge is -2.04. The summed E-state index contributed by atoms with van der Waals surface area (Å²) >= 11 is 3.44. The van der Waals surface area contributed by atoms with E-state index in [1.807, 2.05) is 13.8 Å². The van der Waals surface area contributed by atoms with Crippen LogP contribution in [0.4, 0.5) is 0 Å². The standard InChI is InChI=1S/C16H19BrN4O3/c1-10-16(17)11(2)21(19-10)9-14(18)20-24-15(22)8-12-4-6-13(23-3)7-5-12/h4-7H,8-9H2,1-3H3,(H2,18,20). The third kappa shape index (κ3) is 4.58. The van der Waals surface area contributed by atoms with Crippen molar-refractivity contribution in [3.8, 4) is 5.75 Å². The van der Waals surface area contributed by atoms with Crippen LogP contribution in [0.1, 0.15) is 17.0 Å². The molecule has 0 radical (unpaired) electrons. The molecule has 0 saturated carbocycles. The van der Waals surface area contributed by atoms with Crippen LogP contribution in [0.2, 0.25) is 0 Å². The fourth-order valence-corrected chi connectivity index (χ4v) is 2.35. The minimum absolute atomic E-state index is 0.103. The molecule has 128 valence electrons. The fraction of sp³-hybridized carbons (Fsp3) is 0.312. The van der Waals surface area contributed by atoms with Gasteiger partial charge in [0.2, 0.25) is 0 Å². The van der Waals surface area contributed by atoms with E-state index in [9.17, 15) is 4.79 Å². The van der Waals surface area contributed by atoms with Gasteiger partial charge in [0.15, 0.2) is 5.84 Å². The van der Waals surface area contributed by atoms with E-state index >= 15 is 0 Å². The summed E-state index contributed by atoms with van der Waals surface area (Å²) < 4.78 is 7.68. The summed E-state index contributed by atoms with van der Waals surface area (Å²) in [6.45, 7) is 4.04. The van der Waals surface area contributed by atoms with Crippen LogP contribution in [-0.4, -0.2) is 28.7 Å². The molecule has 1 heterocycles. The number of amidine groups is 1. The van der Waals surface area contributed by atoms with Crippen LogP contribution in [0.25, 0.3) is 0 Å². The first-order valence-electron chi connectivity index (χ1n) is 7.25. The molecule has 0 aliphatic heterocycles. The van der Waals surface area contributed by atoms with E-state index in [2.05, 4.69) is 26.2 Å². The third-order valence-corrected chi connectivity index (χ3v) is 4.52. The molecule has 1 aromatic heterocycles. The Morgan fingerprint density at radius 1 is 1.33 bits per heavy atom. The van der Waals surface area contributed by atoms with Gasteiger partial charge in [0.05, 0.1) is 29.4 Å². The van der Waals surface area contributed by atoms with Gasteiger partial charge >= 0.3 is 5.97 Å². The normalized spacial score (nSPS) is 11.4. The number of rotatable bonds is 6. The van der Waals surface area contributed by atoms with Crippen LogP contribution in [0.5, 0.6) is 5.75 Å². The molecular formula is C16H19BrN4O3. The summed E-state index contributed by atoms with van der Waals surface area (Å²) in [7, 11) is 1.59. The van der Waals surface area contributed by atoms with Crippen molar-refractivity contribution >= 4 is 27.7 Å². The first-order valence-corrected chi connectivity index (χ1v) is 8.04. The molecule has 0 aliphatic carbocycles. The minimum Gasteiger partial charge on any atom is -0.497 e. The first kappa shape index (κ1) is 18.0. The van der Waals surface area contributed by atoms with E-state index in [1.54, 1.807) is 36.1 Å². The monoisotopic (exact) mass is 394 g/mol. The number of nitrogens with two attached hydrogens (primary N) is 1. The van der Waals surface area contributed by atoms with E-state index < -0.39 is 5.97 Å². The highest BCUT2D eigenvalue weighted by Gasteiger charge is 2.10. The minimum atomic E-state index is -0.488. The molecule has 2 N–H and O–H groups in total. The lowest BCUT2D eigenvalue weighted by atomic mass is 10.1. The fourth-order valence-electron chi connectivity index (χ4n) is 2.06. The number of aromatic nitrogens is 2. The van der Waals surface area contributed by atoms with Crippen LogP contribution in [0.3, 0.4) is 0 Å². The molecule has 24 heavy (non-hydrogen) atoms. The number of hydrogen-bond acceptors (Lipinski definition) is 5. The van der Waals surface area contributed by atoms with Gasteiger partial charge in [-0.15, -0.1) is 0 Å². The quantitative estimate of drug-likeness (QED) is 0.351. The lowest BCUT2D eigenvalue weighted by Crippen LogP contribution is -2.22. The zero-order chi connectivity index (χ0) is 17.7. The van der Waals surface area contributed by atoms with E-state index in [0.717, 1.165) is 27.2 Å². The Kier molecular flexibility index (Phi) is 5.97. The van der Waals surface area contributed by atoms with Crippen molar-refractivity contribution in [1.29, 1.82) is 0 Å². The Balaban J connectivity index is 1.91. The molecule has 0 atom stereocenters. The van der Waals surface area contributed by atoms with Gasteiger partial charge in [-0.25, -0.2) is 4.79 Å². The average Bonchev–Trinajstić information content (AvgIpc) is 2.81. The van der Waals surface area contributed by atoms with Crippen LogP contribution in [0.15, 0.2) is 33.9 Å². The SMILES string of the molecule is COc1ccc(CC(=O)O/N=C(\N)Cn2nc(C)c(Br)c2C)cc1. The van der Waals surface area contributed by atoms with Crippen molar-refractivity contribution in [3.63, 3.8) is 0 Å². The molecule has 0 amide bonds. The molecule has 0 bridgehead atoms. The number of nitrogens with zero attached hydrogens (tertiary/aromatic N) is 3. The van der Waals surface area contributed by atoms with Gasteiger partial charge in [0.1, 0.15) is 12.3 Å². The maximum absolute atomic E-state index is 11.8. The van der Waals surface area contributed by atoms with Crippen molar-refractivity contribution in [2.75, 3.05) is 7.11 Å². The number of carbonyl (C=O) groups excluding carboxylic acids is 1. The lowest BCUT2D eigenvalue weighted by molar-refractivity contribution is -0.142. The summed E-state index contributed by atoms with van der Waals surface area (Å²) in [5.41, 5.74) is 8.38. The van der Waals surface area contributed by atoms with E-state index in [1.165, 1.54) is 0 Å². The topological polar surface area (TPSA) is 91.7 Å². The third-order valence-electron chi connectivity index (χ3n) is 3.38. The number of halogens is 1. The summed E-state index contributed by atoms with van der Waals surface area (Å²) in [5.74, 6) is 0.402. The van der Waals surface area contributed by atoms with Crippen LogP contribution in [0, 0.1) is 13.8 Å². The Labute approximate surface area is 148 Å². The maximum atomic E-state index is 11.8. The Hall–Kier alpha value is -2.35. The van der Waals surface area contributed by atoms with Gasteiger partial charge in [0.25, 0.3) is 0 Å². The second kappa shape index (κ2) is 7.96. The van der Waals surface area contributed by atoms with Gasteiger partial charge in [-0.05, 0) is 47.5 Å². The molecule has 0 saturated heterocycles. The van der Waals surface area contributed by atoms with Gasteiger partial charge in [0, 0.05) is 0 Å². The predicted molar refractivity (Wildman–Crippen MR) is 93.8 cm³/mol. The molecule has 2 aromatic rings. The van der Waals surface area contributed by atoms with Crippen LogP contribution < -0.4 is 10.5 Å². The van der Waals surface area contributed by atoms with Crippen molar-refractivity contribution in [2.45, 2.75) is 26.8 Å². The second-order valence-electron chi connectivity index (χ2n) is 5.21. The molecule has 0 aliphatic rings. The molecule has 8 heteroatoms. The Morgan fingerprint density at radius 2 is 2.00 bits per heavy atom. The zero-order valence-corrected chi connectivity index (χ0v) is 15.3. The van der Waals surface area contributed by atoms with E-state index in [4.69, 9.17) is 15.3 Å². The molecule has 2 rings (SSSR count). The van der Waals surface area contributed by atoms with E-state index in [-0.39, 0.29) is 18.8 Å². The molecule has 1 aromatic carbocycles. The Morgan fingerprint density at radius 3 is 2.54 bits per heavy atom. The van der Waals surface area contributed by atoms with Crippen LogP contribution in [-0.2, 0) is 22.6 Å². The summed E-state index contributed by atoms with van der Waals surface area (Å²) in [4.78, 5) is 16.7. The maximum Gasteiger partial charge on any atom is 0.339 e. The smallest absolute Gasteiger partial charge is 0.339 e.